The average Bonchev–Trinajstić information content (AvgIpc) is 2.39. The van der Waals surface area contributed by atoms with E-state index in [1.165, 1.54) is 0 Å². The molecule has 1 aromatic carbocycles. The van der Waals surface area contributed by atoms with Gasteiger partial charge in [0.15, 0.2) is 0 Å². The number of alkyl carbamates (subject to hydrolysis) is 1. The van der Waals surface area contributed by atoms with Crippen molar-refractivity contribution in [3.05, 3.63) is 33.3 Å². The van der Waals surface area contributed by atoms with Gasteiger partial charge in [-0.2, -0.15) is 0 Å². The van der Waals surface area contributed by atoms with Crippen molar-refractivity contribution >= 4 is 33.6 Å². The lowest BCUT2D eigenvalue weighted by Crippen LogP contribution is -2.43. The predicted molar refractivity (Wildman–Crippen MR) is 94.3 cm³/mol. The summed E-state index contributed by atoms with van der Waals surface area (Å²) in [6.07, 6.45) is 0.451. The topological polar surface area (TPSA) is 50.4 Å². The Labute approximate surface area is 146 Å². The van der Waals surface area contributed by atoms with Crippen molar-refractivity contribution in [1.82, 2.24) is 10.6 Å². The second kappa shape index (κ2) is 8.75. The Morgan fingerprint density at radius 1 is 1.41 bits per heavy atom. The number of carbonyl (C=O) groups is 1. The van der Waals surface area contributed by atoms with Gasteiger partial charge in [0.1, 0.15) is 5.60 Å². The molecule has 0 saturated heterocycles. The van der Waals surface area contributed by atoms with Crippen molar-refractivity contribution in [1.29, 1.82) is 0 Å². The third-order valence-corrected chi connectivity index (χ3v) is 4.13. The molecule has 2 N–H and O–H groups in total. The van der Waals surface area contributed by atoms with Crippen molar-refractivity contribution < 1.29 is 9.53 Å². The molecule has 0 bridgehead atoms. The summed E-state index contributed by atoms with van der Waals surface area (Å²) in [5.74, 6) is 0. The van der Waals surface area contributed by atoms with Gasteiger partial charge < -0.3 is 15.4 Å². The van der Waals surface area contributed by atoms with Gasteiger partial charge in [0.2, 0.25) is 0 Å². The summed E-state index contributed by atoms with van der Waals surface area (Å²) >= 11 is 9.38. The second-order valence-corrected chi connectivity index (χ2v) is 7.39. The molecular formula is C16H24BrClN2O2. The van der Waals surface area contributed by atoms with Crippen LogP contribution in [-0.2, 0) is 11.3 Å². The van der Waals surface area contributed by atoms with Gasteiger partial charge in [-0.05, 0) is 60.8 Å². The minimum Gasteiger partial charge on any atom is -0.444 e. The van der Waals surface area contributed by atoms with Crippen molar-refractivity contribution in [2.24, 2.45) is 0 Å². The van der Waals surface area contributed by atoms with Gasteiger partial charge in [0, 0.05) is 23.6 Å². The zero-order chi connectivity index (χ0) is 16.8. The first-order valence-corrected chi connectivity index (χ1v) is 8.52. The Kier molecular flexibility index (Phi) is 7.66. The van der Waals surface area contributed by atoms with Crippen LogP contribution in [0.5, 0.6) is 0 Å². The van der Waals surface area contributed by atoms with Crippen LogP contribution in [0, 0.1) is 0 Å². The van der Waals surface area contributed by atoms with E-state index < -0.39 is 5.60 Å². The number of rotatable bonds is 6. The highest BCUT2D eigenvalue weighted by Gasteiger charge is 2.18. The van der Waals surface area contributed by atoms with E-state index in [-0.39, 0.29) is 12.1 Å². The van der Waals surface area contributed by atoms with Crippen LogP contribution in [0.4, 0.5) is 4.79 Å². The largest absolute Gasteiger partial charge is 0.444 e. The van der Waals surface area contributed by atoms with E-state index in [1.807, 2.05) is 45.9 Å². The van der Waals surface area contributed by atoms with E-state index in [1.54, 1.807) is 0 Å². The van der Waals surface area contributed by atoms with E-state index in [4.69, 9.17) is 16.3 Å². The minimum atomic E-state index is -0.481. The summed E-state index contributed by atoms with van der Waals surface area (Å²) in [5, 5.41) is 6.91. The standard InChI is InChI=1S/C16H24BrClN2O2/c1-5-12(20-15(21)22-16(2,3)4)10-19-9-11-6-7-14(18)13(17)8-11/h6-8,12,19H,5,9-10H2,1-4H3,(H,20,21). The van der Waals surface area contributed by atoms with Crippen LogP contribution in [0.25, 0.3) is 0 Å². The molecule has 0 aromatic heterocycles. The first-order chi connectivity index (χ1) is 10.2. The number of hydrogen-bond donors (Lipinski definition) is 2. The number of amides is 1. The monoisotopic (exact) mass is 390 g/mol. The van der Waals surface area contributed by atoms with Gasteiger partial charge in [-0.15, -0.1) is 0 Å². The molecule has 22 heavy (non-hydrogen) atoms. The average molecular weight is 392 g/mol. The molecular weight excluding hydrogens is 368 g/mol. The summed E-state index contributed by atoms with van der Waals surface area (Å²) in [4.78, 5) is 11.8. The van der Waals surface area contributed by atoms with E-state index >= 15 is 0 Å². The molecule has 6 heteroatoms. The summed E-state index contributed by atoms with van der Waals surface area (Å²) in [7, 11) is 0. The van der Waals surface area contributed by atoms with Crippen LogP contribution in [0.15, 0.2) is 22.7 Å². The number of carbonyl (C=O) groups excluding carboxylic acids is 1. The number of benzene rings is 1. The van der Waals surface area contributed by atoms with E-state index in [0.29, 0.717) is 18.1 Å². The number of halogens is 2. The van der Waals surface area contributed by atoms with Crippen LogP contribution >= 0.6 is 27.5 Å². The molecule has 0 spiro atoms. The van der Waals surface area contributed by atoms with Gasteiger partial charge >= 0.3 is 6.09 Å². The number of ether oxygens (including phenoxy) is 1. The highest BCUT2D eigenvalue weighted by Crippen LogP contribution is 2.23. The lowest BCUT2D eigenvalue weighted by Gasteiger charge is -2.23. The minimum absolute atomic E-state index is 0.0330. The second-order valence-electron chi connectivity index (χ2n) is 6.13. The molecule has 0 radical (unpaired) electrons. The van der Waals surface area contributed by atoms with E-state index in [9.17, 15) is 4.79 Å². The van der Waals surface area contributed by atoms with Crippen molar-refractivity contribution in [3.8, 4) is 0 Å². The fourth-order valence-corrected chi connectivity index (χ4v) is 2.36. The molecule has 0 saturated carbocycles. The van der Waals surface area contributed by atoms with Crippen LogP contribution < -0.4 is 10.6 Å². The number of hydrogen-bond acceptors (Lipinski definition) is 3. The van der Waals surface area contributed by atoms with Crippen LogP contribution in [-0.4, -0.2) is 24.3 Å². The quantitative estimate of drug-likeness (QED) is 0.751. The van der Waals surface area contributed by atoms with Gasteiger partial charge in [0.25, 0.3) is 0 Å². The lowest BCUT2D eigenvalue weighted by molar-refractivity contribution is 0.0502. The molecule has 0 heterocycles. The Bertz CT molecular complexity index is 503. The summed E-state index contributed by atoms with van der Waals surface area (Å²) < 4.78 is 6.15. The SMILES string of the molecule is CCC(CNCc1ccc(Cl)c(Br)c1)NC(=O)OC(C)(C)C. The molecule has 1 rings (SSSR count). The van der Waals surface area contributed by atoms with E-state index in [2.05, 4.69) is 26.6 Å². The third-order valence-electron chi connectivity index (χ3n) is 2.92. The molecule has 1 amide bonds. The molecule has 124 valence electrons. The van der Waals surface area contributed by atoms with Crippen LogP contribution in [0.2, 0.25) is 5.02 Å². The first kappa shape index (κ1) is 19.3. The molecule has 0 aliphatic heterocycles. The highest BCUT2D eigenvalue weighted by atomic mass is 79.9. The maximum Gasteiger partial charge on any atom is 0.407 e. The molecule has 0 fully saturated rings. The molecule has 0 aliphatic rings. The van der Waals surface area contributed by atoms with Crippen LogP contribution in [0.3, 0.4) is 0 Å². The maximum atomic E-state index is 11.8. The fraction of sp³-hybridized carbons (Fsp3) is 0.562. The summed E-state index contributed by atoms with van der Waals surface area (Å²) in [6.45, 7) is 8.97. The molecule has 1 atom stereocenters. The highest BCUT2D eigenvalue weighted by molar-refractivity contribution is 9.10. The van der Waals surface area contributed by atoms with Crippen molar-refractivity contribution in [3.63, 3.8) is 0 Å². The zero-order valence-corrected chi connectivity index (χ0v) is 15.8. The normalized spacial score (nSPS) is 12.8. The van der Waals surface area contributed by atoms with Gasteiger partial charge in [-0.25, -0.2) is 4.79 Å². The Hall–Kier alpha value is -0.780. The third kappa shape index (κ3) is 7.47. The van der Waals surface area contributed by atoms with Gasteiger partial charge in [0.05, 0.1) is 5.02 Å². The smallest absolute Gasteiger partial charge is 0.407 e. The maximum absolute atomic E-state index is 11.8. The van der Waals surface area contributed by atoms with Crippen molar-refractivity contribution in [2.75, 3.05) is 6.54 Å². The Balaban J connectivity index is 2.40. The predicted octanol–water partition coefficient (Wildman–Crippen LogP) is 4.50. The fourth-order valence-electron chi connectivity index (χ4n) is 1.81. The molecule has 1 aromatic rings. The van der Waals surface area contributed by atoms with Gasteiger partial charge in [-0.1, -0.05) is 24.6 Å². The van der Waals surface area contributed by atoms with Gasteiger partial charge in [-0.3, -0.25) is 0 Å². The van der Waals surface area contributed by atoms with E-state index in [0.717, 1.165) is 16.5 Å². The first-order valence-electron chi connectivity index (χ1n) is 7.35. The molecule has 4 nitrogen and oxygen atoms in total. The zero-order valence-electron chi connectivity index (χ0n) is 13.5. The summed E-state index contributed by atoms with van der Waals surface area (Å²) in [5.41, 5.74) is 0.647. The Morgan fingerprint density at radius 2 is 2.09 bits per heavy atom. The molecule has 1 unspecified atom stereocenters. The van der Waals surface area contributed by atoms with Crippen molar-refractivity contribution in [2.45, 2.75) is 52.3 Å². The summed E-state index contributed by atoms with van der Waals surface area (Å²) in [6, 6.07) is 5.85. The lowest BCUT2D eigenvalue weighted by atomic mass is 10.2. The Morgan fingerprint density at radius 3 is 2.64 bits per heavy atom. The number of nitrogens with one attached hydrogen (secondary N) is 2. The molecule has 0 aliphatic carbocycles. The van der Waals surface area contributed by atoms with Crippen LogP contribution in [0.1, 0.15) is 39.7 Å².